The summed E-state index contributed by atoms with van der Waals surface area (Å²) in [4.78, 5) is 24.4. The zero-order valence-electron chi connectivity index (χ0n) is 14.6. The van der Waals surface area contributed by atoms with Crippen LogP contribution in [0.1, 0.15) is 22.8 Å². The van der Waals surface area contributed by atoms with Gasteiger partial charge in [0.2, 0.25) is 5.91 Å². The van der Waals surface area contributed by atoms with E-state index in [0.29, 0.717) is 18.2 Å². The third kappa shape index (κ3) is 4.46. The maximum absolute atomic E-state index is 13.2. The molecule has 3 N–H and O–H groups in total. The molecule has 2 amide bonds. The van der Waals surface area contributed by atoms with E-state index in [9.17, 15) is 14.0 Å². The molecule has 1 aliphatic rings. The monoisotopic (exact) mass is 355 g/mol. The highest BCUT2D eigenvalue weighted by Gasteiger charge is 2.28. The molecular weight excluding hydrogens is 333 g/mol. The molecule has 1 heterocycles. The van der Waals surface area contributed by atoms with Crippen LogP contribution < -0.4 is 16.0 Å². The van der Waals surface area contributed by atoms with Crippen LogP contribution in [0.5, 0.6) is 0 Å². The van der Waals surface area contributed by atoms with E-state index in [4.69, 9.17) is 0 Å². The van der Waals surface area contributed by atoms with Gasteiger partial charge in [-0.2, -0.15) is 0 Å². The van der Waals surface area contributed by atoms with Gasteiger partial charge in [0, 0.05) is 23.7 Å². The second-order valence-corrected chi connectivity index (χ2v) is 6.59. The van der Waals surface area contributed by atoms with Crippen molar-refractivity contribution in [3.8, 4) is 0 Å². The zero-order valence-corrected chi connectivity index (χ0v) is 14.6. The van der Waals surface area contributed by atoms with Crippen LogP contribution in [-0.4, -0.2) is 24.9 Å². The maximum Gasteiger partial charge on any atom is 0.255 e. The standard InChI is InChI=1S/C20H22FN3O2/c1-13(16-11-22-12-16)19(25)23-10-14-4-2-7-18(8-14)24-20(26)15-5-3-6-17(21)9-15/h2-9,13,16,22H,10-12H2,1H3,(H,23,25)(H,24,26). The summed E-state index contributed by atoms with van der Waals surface area (Å²) in [5.74, 6) is -0.425. The Morgan fingerprint density at radius 1 is 1.19 bits per heavy atom. The largest absolute Gasteiger partial charge is 0.352 e. The van der Waals surface area contributed by atoms with Crippen molar-refractivity contribution in [1.29, 1.82) is 0 Å². The van der Waals surface area contributed by atoms with E-state index in [2.05, 4.69) is 16.0 Å². The third-order valence-corrected chi connectivity index (χ3v) is 4.67. The minimum Gasteiger partial charge on any atom is -0.352 e. The van der Waals surface area contributed by atoms with Gasteiger partial charge in [0.05, 0.1) is 0 Å². The van der Waals surface area contributed by atoms with Crippen LogP contribution in [0, 0.1) is 17.7 Å². The predicted molar refractivity (Wildman–Crippen MR) is 98.2 cm³/mol. The molecule has 0 spiro atoms. The van der Waals surface area contributed by atoms with Crippen molar-refractivity contribution < 1.29 is 14.0 Å². The van der Waals surface area contributed by atoms with E-state index < -0.39 is 5.82 Å². The molecule has 1 aliphatic heterocycles. The van der Waals surface area contributed by atoms with Gasteiger partial charge in [-0.1, -0.05) is 25.1 Å². The van der Waals surface area contributed by atoms with Gasteiger partial charge >= 0.3 is 0 Å². The number of halogens is 1. The first-order valence-electron chi connectivity index (χ1n) is 8.67. The summed E-state index contributed by atoms with van der Waals surface area (Å²) < 4.78 is 13.2. The minimum absolute atomic E-state index is 0.0212. The third-order valence-electron chi connectivity index (χ3n) is 4.67. The van der Waals surface area contributed by atoms with Crippen LogP contribution in [0.3, 0.4) is 0 Å². The van der Waals surface area contributed by atoms with Gasteiger partial charge in [0.15, 0.2) is 0 Å². The Morgan fingerprint density at radius 3 is 2.65 bits per heavy atom. The molecule has 0 saturated carbocycles. The smallest absolute Gasteiger partial charge is 0.255 e. The van der Waals surface area contributed by atoms with Crippen LogP contribution >= 0.6 is 0 Å². The number of anilines is 1. The van der Waals surface area contributed by atoms with E-state index >= 15 is 0 Å². The van der Waals surface area contributed by atoms with Crippen LogP contribution in [0.4, 0.5) is 10.1 Å². The first kappa shape index (κ1) is 18.1. The molecule has 5 nitrogen and oxygen atoms in total. The van der Waals surface area contributed by atoms with Gasteiger partial charge in [-0.25, -0.2) is 4.39 Å². The van der Waals surface area contributed by atoms with Crippen LogP contribution in [-0.2, 0) is 11.3 Å². The Morgan fingerprint density at radius 2 is 1.96 bits per heavy atom. The van der Waals surface area contributed by atoms with Crippen molar-refractivity contribution >= 4 is 17.5 Å². The molecule has 3 rings (SSSR count). The average molecular weight is 355 g/mol. The predicted octanol–water partition coefficient (Wildman–Crippen LogP) is 2.55. The van der Waals surface area contributed by atoms with Gasteiger partial charge in [-0.3, -0.25) is 9.59 Å². The first-order chi connectivity index (χ1) is 12.5. The molecule has 2 aromatic carbocycles. The van der Waals surface area contributed by atoms with Gasteiger partial charge in [0.1, 0.15) is 5.82 Å². The summed E-state index contributed by atoms with van der Waals surface area (Å²) in [5, 5.41) is 8.85. The number of carbonyl (C=O) groups is 2. The van der Waals surface area contributed by atoms with Crippen molar-refractivity contribution in [1.82, 2.24) is 10.6 Å². The number of hydrogen-bond donors (Lipinski definition) is 3. The van der Waals surface area contributed by atoms with E-state index in [1.807, 2.05) is 19.1 Å². The number of carbonyl (C=O) groups excluding carboxylic acids is 2. The van der Waals surface area contributed by atoms with Gasteiger partial charge < -0.3 is 16.0 Å². The lowest BCUT2D eigenvalue weighted by atomic mass is 9.88. The first-order valence-corrected chi connectivity index (χ1v) is 8.67. The van der Waals surface area contributed by atoms with Crippen molar-refractivity contribution in [2.75, 3.05) is 18.4 Å². The summed E-state index contributed by atoms with van der Waals surface area (Å²) in [6.45, 7) is 4.11. The summed E-state index contributed by atoms with van der Waals surface area (Å²) >= 11 is 0. The van der Waals surface area contributed by atoms with Crippen LogP contribution in [0.2, 0.25) is 0 Å². The topological polar surface area (TPSA) is 70.2 Å². The second-order valence-electron chi connectivity index (χ2n) is 6.59. The fourth-order valence-electron chi connectivity index (χ4n) is 2.82. The zero-order chi connectivity index (χ0) is 18.5. The molecule has 0 radical (unpaired) electrons. The molecule has 0 aromatic heterocycles. The van der Waals surface area contributed by atoms with Crippen LogP contribution in [0.25, 0.3) is 0 Å². The summed E-state index contributed by atoms with van der Waals surface area (Å²) in [6.07, 6.45) is 0. The Labute approximate surface area is 152 Å². The highest BCUT2D eigenvalue weighted by atomic mass is 19.1. The molecule has 6 heteroatoms. The summed E-state index contributed by atoms with van der Waals surface area (Å²) in [5.41, 5.74) is 1.74. The van der Waals surface area contributed by atoms with Crippen LogP contribution in [0.15, 0.2) is 48.5 Å². The lowest BCUT2D eigenvalue weighted by Crippen LogP contribution is -2.49. The maximum atomic E-state index is 13.2. The van der Waals surface area contributed by atoms with E-state index in [1.165, 1.54) is 18.2 Å². The lowest BCUT2D eigenvalue weighted by Gasteiger charge is -2.31. The Hall–Kier alpha value is -2.73. The minimum atomic E-state index is -0.454. The van der Waals surface area contributed by atoms with Gasteiger partial charge in [0.25, 0.3) is 5.91 Å². The van der Waals surface area contributed by atoms with Gasteiger partial charge in [-0.05, 0) is 54.9 Å². The average Bonchev–Trinajstić information content (AvgIpc) is 2.58. The number of benzene rings is 2. The Balaban J connectivity index is 1.57. The fraction of sp³-hybridized carbons (Fsp3) is 0.300. The number of rotatable bonds is 6. The summed E-state index contributed by atoms with van der Waals surface area (Å²) in [7, 11) is 0. The molecule has 1 fully saturated rings. The molecule has 26 heavy (non-hydrogen) atoms. The van der Waals surface area contributed by atoms with Crippen molar-refractivity contribution in [3.63, 3.8) is 0 Å². The molecule has 0 aliphatic carbocycles. The number of nitrogens with one attached hydrogen (secondary N) is 3. The van der Waals surface area contributed by atoms with Crippen molar-refractivity contribution in [2.45, 2.75) is 13.5 Å². The molecule has 1 unspecified atom stereocenters. The highest BCUT2D eigenvalue weighted by Crippen LogP contribution is 2.17. The number of hydrogen-bond acceptors (Lipinski definition) is 3. The Kier molecular flexibility index (Phi) is 5.63. The SMILES string of the molecule is CC(C(=O)NCc1cccc(NC(=O)c2cccc(F)c2)c1)C1CNC1. The molecular formula is C20H22FN3O2. The quantitative estimate of drug-likeness (QED) is 0.746. The molecule has 136 valence electrons. The second kappa shape index (κ2) is 8.10. The number of amides is 2. The van der Waals surface area contributed by atoms with E-state index in [1.54, 1.807) is 18.2 Å². The van der Waals surface area contributed by atoms with E-state index in [-0.39, 0.29) is 23.3 Å². The molecule has 1 saturated heterocycles. The molecule has 2 aromatic rings. The van der Waals surface area contributed by atoms with Crippen molar-refractivity contribution in [2.24, 2.45) is 11.8 Å². The summed E-state index contributed by atoms with van der Waals surface area (Å²) in [6, 6.07) is 12.8. The van der Waals surface area contributed by atoms with Crippen molar-refractivity contribution in [3.05, 3.63) is 65.5 Å². The fourth-order valence-corrected chi connectivity index (χ4v) is 2.82. The van der Waals surface area contributed by atoms with Gasteiger partial charge in [-0.15, -0.1) is 0 Å². The Bertz CT molecular complexity index is 805. The molecule has 0 bridgehead atoms. The molecule has 1 atom stereocenters. The van der Waals surface area contributed by atoms with E-state index in [0.717, 1.165) is 18.7 Å². The lowest BCUT2D eigenvalue weighted by molar-refractivity contribution is -0.126. The normalized spacial score (nSPS) is 15.0. The highest BCUT2D eigenvalue weighted by molar-refractivity contribution is 6.04.